The molecule has 1 amide bonds. The minimum absolute atomic E-state index is 0.253. The molecule has 2 aromatic carbocycles. The average Bonchev–Trinajstić information content (AvgIpc) is 3.12. The standard InChI is InChI=1S/C26H30N2O5/c1-5-18-11-13-19(14-12-18)15-21-23(22(17-27-21)31-25(30)33-26(2,3)4)32-24(29)28-16-20-9-7-6-8-10-20/h1,6-14,21-23,27H,15-17H2,2-4H3,(H,28,29)/t21-,22+,23+/m1/s1. The SMILES string of the molecule is C#Cc1ccc(C[C@H]2NC[C@H](OC(=O)OC(C)(C)C)[C@H]2OC(=O)NCc2ccccc2)cc1. The highest BCUT2D eigenvalue weighted by Crippen LogP contribution is 2.21. The lowest BCUT2D eigenvalue weighted by Gasteiger charge is -2.26. The van der Waals surface area contributed by atoms with Crippen LogP contribution in [0.15, 0.2) is 54.6 Å². The van der Waals surface area contributed by atoms with Gasteiger partial charge in [0.25, 0.3) is 0 Å². The van der Waals surface area contributed by atoms with Crippen molar-refractivity contribution in [2.75, 3.05) is 6.54 Å². The maximum atomic E-state index is 12.6. The Kier molecular flexibility index (Phi) is 7.96. The molecule has 3 atom stereocenters. The lowest BCUT2D eigenvalue weighted by molar-refractivity contribution is -0.0518. The van der Waals surface area contributed by atoms with Gasteiger partial charge < -0.3 is 24.8 Å². The first-order valence-corrected chi connectivity index (χ1v) is 10.9. The summed E-state index contributed by atoms with van der Waals surface area (Å²) in [6, 6.07) is 16.9. The van der Waals surface area contributed by atoms with Crippen LogP contribution in [-0.2, 0) is 27.2 Å². The molecule has 7 heteroatoms. The first-order valence-electron chi connectivity index (χ1n) is 10.9. The zero-order chi connectivity index (χ0) is 23.8. The fourth-order valence-corrected chi connectivity index (χ4v) is 3.54. The minimum Gasteiger partial charge on any atom is -0.441 e. The molecule has 0 radical (unpaired) electrons. The molecule has 3 rings (SSSR count). The van der Waals surface area contributed by atoms with Crippen LogP contribution in [0.2, 0.25) is 0 Å². The molecule has 1 fully saturated rings. The van der Waals surface area contributed by atoms with Gasteiger partial charge in [0, 0.05) is 18.7 Å². The van der Waals surface area contributed by atoms with Gasteiger partial charge in [-0.1, -0.05) is 48.4 Å². The van der Waals surface area contributed by atoms with E-state index in [1.54, 1.807) is 20.8 Å². The summed E-state index contributed by atoms with van der Waals surface area (Å²) in [4.78, 5) is 24.8. The minimum atomic E-state index is -0.799. The van der Waals surface area contributed by atoms with Crippen LogP contribution < -0.4 is 10.6 Å². The fourth-order valence-electron chi connectivity index (χ4n) is 3.54. The summed E-state index contributed by atoms with van der Waals surface area (Å²) in [7, 11) is 0. The third-order valence-electron chi connectivity index (χ3n) is 5.08. The first kappa shape index (κ1) is 24.1. The summed E-state index contributed by atoms with van der Waals surface area (Å²) < 4.78 is 16.5. The Morgan fingerprint density at radius 2 is 1.76 bits per heavy atom. The Morgan fingerprint density at radius 1 is 1.06 bits per heavy atom. The summed E-state index contributed by atoms with van der Waals surface area (Å²) in [5, 5.41) is 6.06. The van der Waals surface area contributed by atoms with E-state index in [4.69, 9.17) is 20.6 Å². The molecule has 2 N–H and O–H groups in total. The Morgan fingerprint density at radius 3 is 2.39 bits per heavy atom. The Bertz CT molecular complexity index is 976. The van der Waals surface area contributed by atoms with Gasteiger partial charge in [-0.3, -0.25) is 0 Å². The summed E-state index contributed by atoms with van der Waals surface area (Å²) in [6.07, 6.45) is 3.24. The van der Waals surface area contributed by atoms with Crippen molar-refractivity contribution in [2.24, 2.45) is 0 Å². The van der Waals surface area contributed by atoms with Crippen molar-refractivity contribution in [1.82, 2.24) is 10.6 Å². The molecule has 174 valence electrons. The quantitative estimate of drug-likeness (QED) is 0.514. The monoisotopic (exact) mass is 450 g/mol. The van der Waals surface area contributed by atoms with E-state index in [9.17, 15) is 9.59 Å². The van der Waals surface area contributed by atoms with Crippen LogP contribution in [-0.4, -0.2) is 42.6 Å². The summed E-state index contributed by atoms with van der Waals surface area (Å²) >= 11 is 0. The maximum Gasteiger partial charge on any atom is 0.509 e. The number of carbonyl (C=O) groups is 2. The molecule has 0 unspecified atom stereocenters. The van der Waals surface area contributed by atoms with E-state index in [1.807, 2.05) is 54.6 Å². The van der Waals surface area contributed by atoms with Crippen molar-refractivity contribution < 1.29 is 23.8 Å². The number of ether oxygens (including phenoxy) is 3. The summed E-state index contributed by atoms with van der Waals surface area (Å²) in [5.74, 6) is 2.59. The molecule has 33 heavy (non-hydrogen) atoms. The van der Waals surface area contributed by atoms with Crippen LogP contribution in [0.3, 0.4) is 0 Å². The highest BCUT2D eigenvalue weighted by atomic mass is 16.7. The van der Waals surface area contributed by atoms with E-state index in [0.29, 0.717) is 19.5 Å². The number of carbonyl (C=O) groups excluding carboxylic acids is 2. The van der Waals surface area contributed by atoms with Crippen molar-refractivity contribution in [3.05, 3.63) is 71.3 Å². The number of benzene rings is 2. The van der Waals surface area contributed by atoms with Crippen molar-refractivity contribution in [3.63, 3.8) is 0 Å². The lowest BCUT2D eigenvalue weighted by Crippen LogP contribution is -2.43. The Labute approximate surface area is 194 Å². The summed E-state index contributed by atoms with van der Waals surface area (Å²) in [6.45, 7) is 5.94. The van der Waals surface area contributed by atoms with E-state index in [1.165, 1.54) is 0 Å². The van der Waals surface area contributed by atoms with Gasteiger partial charge in [0.1, 0.15) is 5.60 Å². The molecular formula is C26H30N2O5. The van der Waals surface area contributed by atoms with Crippen LogP contribution in [0, 0.1) is 12.3 Å². The predicted octanol–water partition coefficient (Wildman–Crippen LogP) is 3.80. The van der Waals surface area contributed by atoms with Gasteiger partial charge in [0.15, 0.2) is 12.2 Å². The average molecular weight is 451 g/mol. The molecular weight excluding hydrogens is 420 g/mol. The third kappa shape index (κ3) is 7.55. The van der Waals surface area contributed by atoms with Gasteiger partial charge in [-0.2, -0.15) is 0 Å². The highest BCUT2D eigenvalue weighted by Gasteiger charge is 2.42. The van der Waals surface area contributed by atoms with Gasteiger partial charge >= 0.3 is 12.2 Å². The Balaban J connectivity index is 1.67. The van der Waals surface area contributed by atoms with E-state index >= 15 is 0 Å². The topological polar surface area (TPSA) is 85.9 Å². The second-order valence-corrected chi connectivity index (χ2v) is 8.89. The Hall–Kier alpha value is -3.50. The fraction of sp³-hybridized carbons (Fsp3) is 0.385. The molecule has 1 heterocycles. The molecule has 1 aliphatic rings. The first-order chi connectivity index (χ1) is 15.7. The lowest BCUT2D eigenvalue weighted by atomic mass is 10.0. The van der Waals surface area contributed by atoms with Crippen molar-refractivity contribution in [1.29, 1.82) is 0 Å². The molecule has 0 spiro atoms. The molecule has 1 aliphatic heterocycles. The maximum absolute atomic E-state index is 12.6. The van der Waals surface area contributed by atoms with Crippen molar-refractivity contribution in [3.8, 4) is 12.3 Å². The van der Waals surface area contributed by atoms with Crippen LogP contribution in [0.4, 0.5) is 9.59 Å². The zero-order valence-corrected chi connectivity index (χ0v) is 19.2. The smallest absolute Gasteiger partial charge is 0.441 e. The van der Waals surface area contributed by atoms with Crippen LogP contribution >= 0.6 is 0 Å². The number of nitrogens with one attached hydrogen (secondary N) is 2. The molecule has 1 saturated heterocycles. The largest absolute Gasteiger partial charge is 0.509 e. The second kappa shape index (κ2) is 10.9. The van der Waals surface area contributed by atoms with Gasteiger partial charge in [0.05, 0.1) is 6.04 Å². The van der Waals surface area contributed by atoms with Gasteiger partial charge in [-0.15, -0.1) is 6.42 Å². The van der Waals surface area contributed by atoms with Crippen molar-refractivity contribution >= 4 is 12.2 Å². The molecule has 7 nitrogen and oxygen atoms in total. The second-order valence-electron chi connectivity index (χ2n) is 8.89. The number of hydrogen-bond donors (Lipinski definition) is 2. The van der Waals surface area contributed by atoms with Crippen molar-refractivity contribution in [2.45, 2.75) is 57.6 Å². The summed E-state index contributed by atoms with van der Waals surface area (Å²) in [5.41, 5.74) is 2.07. The number of rotatable bonds is 6. The molecule has 0 saturated carbocycles. The number of terminal acetylenes is 1. The molecule has 0 aromatic heterocycles. The van der Waals surface area contributed by atoms with Crippen LogP contribution in [0.25, 0.3) is 0 Å². The normalized spacial score (nSPS) is 19.9. The van der Waals surface area contributed by atoms with E-state index in [-0.39, 0.29) is 6.04 Å². The van der Waals surface area contributed by atoms with Gasteiger partial charge in [-0.25, -0.2) is 9.59 Å². The molecule has 0 aliphatic carbocycles. The van der Waals surface area contributed by atoms with Crippen LogP contribution in [0.5, 0.6) is 0 Å². The highest BCUT2D eigenvalue weighted by molar-refractivity contribution is 5.67. The molecule has 0 bridgehead atoms. The van der Waals surface area contributed by atoms with Crippen LogP contribution in [0.1, 0.15) is 37.5 Å². The van der Waals surface area contributed by atoms with E-state index < -0.39 is 30.1 Å². The number of alkyl carbamates (subject to hydrolysis) is 1. The third-order valence-corrected chi connectivity index (χ3v) is 5.08. The number of hydrogen-bond acceptors (Lipinski definition) is 6. The van der Waals surface area contributed by atoms with Gasteiger partial charge in [0.2, 0.25) is 0 Å². The zero-order valence-electron chi connectivity index (χ0n) is 19.2. The number of amides is 1. The predicted molar refractivity (Wildman–Crippen MR) is 125 cm³/mol. The molecule has 2 aromatic rings. The van der Waals surface area contributed by atoms with Gasteiger partial charge in [-0.05, 0) is 50.5 Å². The van der Waals surface area contributed by atoms with E-state index in [2.05, 4.69) is 16.6 Å². The van der Waals surface area contributed by atoms with E-state index in [0.717, 1.165) is 16.7 Å².